The van der Waals surface area contributed by atoms with Crippen molar-refractivity contribution in [1.29, 1.82) is 0 Å². The summed E-state index contributed by atoms with van der Waals surface area (Å²) in [5, 5.41) is 8.05. The number of benzene rings is 1. The van der Waals surface area contributed by atoms with Gasteiger partial charge in [0.05, 0.1) is 12.2 Å². The van der Waals surface area contributed by atoms with E-state index in [9.17, 15) is 0 Å². The Balaban J connectivity index is 1.89. The van der Waals surface area contributed by atoms with E-state index in [0.717, 1.165) is 6.42 Å². The first-order chi connectivity index (χ1) is 8.75. The minimum atomic E-state index is 0.406. The third-order valence-corrected chi connectivity index (χ3v) is 3.85. The van der Waals surface area contributed by atoms with Gasteiger partial charge in [0.25, 0.3) is 0 Å². The molecule has 3 rings (SSSR count). The van der Waals surface area contributed by atoms with Gasteiger partial charge in [-0.2, -0.15) is 5.10 Å². The number of aromatic nitrogens is 2. The highest BCUT2D eigenvalue weighted by Gasteiger charge is 2.23. The van der Waals surface area contributed by atoms with Crippen molar-refractivity contribution in [3.05, 3.63) is 47.3 Å². The fraction of sp³-hybridized carbons (Fsp3) is 0.400. The van der Waals surface area contributed by atoms with Gasteiger partial charge in [0.2, 0.25) is 0 Å². The van der Waals surface area contributed by atoms with Crippen LogP contribution in [-0.4, -0.2) is 9.78 Å². The van der Waals surface area contributed by atoms with E-state index in [1.54, 1.807) is 0 Å². The standard InChI is InChI=1S/C15H19N3/c1-11-6-3-4-7-13(11)17-14-8-5-9-15-12(14)10-16-18(15)2/h3-4,6-7,10,14,17H,5,8-9H2,1-2H3. The first-order valence-corrected chi connectivity index (χ1v) is 6.58. The number of nitrogens with one attached hydrogen (secondary N) is 1. The van der Waals surface area contributed by atoms with Crippen LogP contribution >= 0.6 is 0 Å². The minimum absolute atomic E-state index is 0.406. The Hall–Kier alpha value is -1.77. The fourth-order valence-corrected chi connectivity index (χ4v) is 2.78. The first kappa shape index (κ1) is 11.3. The second-order valence-electron chi connectivity index (χ2n) is 5.07. The van der Waals surface area contributed by atoms with Crippen LogP contribution < -0.4 is 5.32 Å². The van der Waals surface area contributed by atoms with Crippen LogP contribution in [0.4, 0.5) is 5.69 Å². The van der Waals surface area contributed by atoms with E-state index >= 15 is 0 Å². The predicted molar refractivity (Wildman–Crippen MR) is 73.7 cm³/mol. The molecule has 0 amide bonds. The smallest absolute Gasteiger partial charge is 0.0547 e. The number of hydrogen-bond donors (Lipinski definition) is 1. The largest absolute Gasteiger partial charge is 0.378 e. The lowest BCUT2D eigenvalue weighted by molar-refractivity contribution is 0.571. The maximum atomic E-state index is 4.39. The third-order valence-electron chi connectivity index (χ3n) is 3.85. The number of para-hydroxylation sites is 1. The number of aryl methyl sites for hydroxylation is 2. The topological polar surface area (TPSA) is 29.9 Å². The van der Waals surface area contributed by atoms with Gasteiger partial charge in [-0.25, -0.2) is 0 Å². The summed E-state index contributed by atoms with van der Waals surface area (Å²) in [5.41, 5.74) is 5.28. The van der Waals surface area contributed by atoms with Crippen LogP contribution in [-0.2, 0) is 13.5 Å². The zero-order chi connectivity index (χ0) is 12.5. The van der Waals surface area contributed by atoms with Gasteiger partial charge in [0.1, 0.15) is 0 Å². The Morgan fingerprint density at radius 3 is 3.00 bits per heavy atom. The summed E-state index contributed by atoms with van der Waals surface area (Å²) >= 11 is 0. The van der Waals surface area contributed by atoms with E-state index in [1.807, 2.05) is 17.9 Å². The van der Waals surface area contributed by atoms with E-state index in [2.05, 4.69) is 41.6 Å². The molecule has 2 aromatic rings. The van der Waals surface area contributed by atoms with E-state index < -0.39 is 0 Å². The predicted octanol–water partition coefficient (Wildman–Crippen LogP) is 3.22. The summed E-state index contributed by atoms with van der Waals surface area (Å²) in [6.45, 7) is 2.15. The van der Waals surface area contributed by atoms with Gasteiger partial charge in [-0.3, -0.25) is 4.68 Å². The Bertz CT molecular complexity index is 557. The lowest BCUT2D eigenvalue weighted by Gasteiger charge is -2.25. The molecule has 0 spiro atoms. The van der Waals surface area contributed by atoms with Crippen molar-refractivity contribution in [2.24, 2.45) is 7.05 Å². The molecule has 0 fully saturated rings. The number of anilines is 1. The summed E-state index contributed by atoms with van der Waals surface area (Å²) in [6, 6.07) is 8.87. The molecule has 1 aromatic carbocycles. The van der Waals surface area contributed by atoms with Crippen molar-refractivity contribution in [2.45, 2.75) is 32.2 Å². The van der Waals surface area contributed by atoms with E-state index in [1.165, 1.54) is 35.3 Å². The molecule has 3 nitrogen and oxygen atoms in total. The number of hydrogen-bond acceptors (Lipinski definition) is 2. The molecular formula is C15H19N3. The monoisotopic (exact) mass is 241 g/mol. The molecule has 1 aromatic heterocycles. The SMILES string of the molecule is Cc1ccccc1NC1CCCc2c1cnn2C. The molecule has 0 radical (unpaired) electrons. The van der Waals surface area contributed by atoms with Crippen molar-refractivity contribution in [3.63, 3.8) is 0 Å². The van der Waals surface area contributed by atoms with Gasteiger partial charge < -0.3 is 5.32 Å². The van der Waals surface area contributed by atoms with E-state index in [4.69, 9.17) is 0 Å². The molecule has 0 aliphatic heterocycles. The van der Waals surface area contributed by atoms with Crippen LogP contribution in [0.15, 0.2) is 30.5 Å². The fourth-order valence-electron chi connectivity index (χ4n) is 2.78. The molecule has 3 heteroatoms. The zero-order valence-corrected chi connectivity index (χ0v) is 11.0. The van der Waals surface area contributed by atoms with Crippen LogP contribution in [0.2, 0.25) is 0 Å². The lowest BCUT2D eigenvalue weighted by Crippen LogP contribution is -2.18. The first-order valence-electron chi connectivity index (χ1n) is 6.58. The van der Waals surface area contributed by atoms with Crippen LogP contribution in [0.3, 0.4) is 0 Å². The Morgan fingerprint density at radius 2 is 2.17 bits per heavy atom. The normalized spacial score (nSPS) is 18.4. The average Bonchev–Trinajstić information content (AvgIpc) is 2.76. The molecule has 0 bridgehead atoms. The van der Waals surface area contributed by atoms with Crippen LogP contribution in [0.1, 0.15) is 35.7 Å². The Morgan fingerprint density at radius 1 is 1.33 bits per heavy atom. The number of nitrogens with zero attached hydrogens (tertiary/aromatic N) is 2. The van der Waals surface area contributed by atoms with Gasteiger partial charge in [-0.15, -0.1) is 0 Å². The molecule has 1 aliphatic rings. The van der Waals surface area contributed by atoms with Crippen LogP contribution in [0.25, 0.3) is 0 Å². The van der Waals surface area contributed by atoms with Crippen LogP contribution in [0.5, 0.6) is 0 Å². The maximum absolute atomic E-state index is 4.39. The van der Waals surface area contributed by atoms with Crippen molar-refractivity contribution >= 4 is 5.69 Å². The maximum Gasteiger partial charge on any atom is 0.0547 e. The minimum Gasteiger partial charge on any atom is -0.378 e. The Labute approximate surface area is 108 Å². The summed E-state index contributed by atoms with van der Waals surface area (Å²) in [4.78, 5) is 0. The molecule has 1 aliphatic carbocycles. The number of rotatable bonds is 2. The molecule has 0 saturated heterocycles. The highest BCUT2D eigenvalue weighted by atomic mass is 15.3. The van der Waals surface area contributed by atoms with E-state index in [0.29, 0.717) is 6.04 Å². The van der Waals surface area contributed by atoms with E-state index in [-0.39, 0.29) is 0 Å². The van der Waals surface area contributed by atoms with Gasteiger partial charge in [-0.1, -0.05) is 18.2 Å². The molecule has 0 saturated carbocycles. The zero-order valence-electron chi connectivity index (χ0n) is 11.0. The van der Waals surface area contributed by atoms with Crippen molar-refractivity contribution in [3.8, 4) is 0 Å². The van der Waals surface area contributed by atoms with Crippen molar-refractivity contribution < 1.29 is 0 Å². The summed E-state index contributed by atoms with van der Waals surface area (Å²) in [7, 11) is 2.04. The number of fused-ring (bicyclic) bond motifs is 1. The lowest BCUT2D eigenvalue weighted by atomic mass is 9.92. The molecular weight excluding hydrogens is 222 g/mol. The molecule has 1 heterocycles. The Kier molecular flexibility index (Phi) is 2.82. The van der Waals surface area contributed by atoms with Crippen molar-refractivity contribution in [2.75, 3.05) is 5.32 Å². The molecule has 1 N–H and O–H groups in total. The van der Waals surface area contributed by atoms with Crippen molar-refractivity contribution in [1.82, 2.24) is 9.78 Å². The molecule has 94 valence electrons. The van der Waals surface area contributed by atoms with Gasteiger partial charge in [0.15, 0.2) is 0 Å². The van der Waals surface area contributed by atoms with Gasteiger partial charge in [0, 0.05) is 24.0 Å². The highest BCUT2D eigenvalue weighted by Crippen LogP contribution is 2.32. The average molecular weight is 241 g/mol. The molecule has 18 heavy (non-hydrogen) atoms. The van der Waals surface area contributed by atoms with Gasteiger partial charge >= 0.3 is 0 Å². The highest BCUT2D eigenvalue weighted by molar-refractivity contribution is 5.52. The quantitative estimate of drug-likeness (QED) is 0.875. The second kappa shape index (κ2) is 4.48. The summed E-state index contributed by atoms with van der Waals surface area (Å²) in [6.07, 6.45) is 5.59. The third kappa shape index (κ3) is 1.90. The molecule has 1 atom stereocenters. The summed E-state index contributed by atoms with van der Waals surface area (Å²) in [5.74, 6) is 0. The molecule has 1 unspecified atom stereocenters. The van der Waals surface area contributed by atoms with Gasteiger partial charge in [-0.05, 0) is 37.8 Å². The van der Waals surface area contributed by atoms with Crippen LogP contribution in [0, 0.1) is 6.92 Å². The summed E-state index contributed by atoms with van der Waals surface area (Å²) < 4.78 is 2.01. The second-order valence-corrected chi connectivity index (χ2v) is 5.07.